The molecule has 0 amide bonds. The van der Waals surface area contributed by atoms with Crippen molar-refractivity contribution in [2.45, 2.75) is 316 Å². The molecule has 0 spiro atoms. The molecule has 0 saturated carbocycles. The van der Waals surface area contributed by atoms with Crippen LogP contribution in [0.5, 0.6) is 0 Å². The van der Waals surface area contributed by atoms with E-state index in [9.17, 15) is 43.2 Å². The lowest BCUT2D eigenvalue weighted by Gasteiger charge is -2.21. The molecule has 0 aliphatic carbocycles. The molecule has 582 valence electrons. The van der Waals surface area contributed by atoms with Crippen LogP contribution in [0, 0.1) is 0 Å². The summed E-state index contributed by atoms with van der Waals surface area (Å²) in [6.45, 7) is 4.46. The molecule has 102 heavy (non-hydrogen) atoms. The van der Waals surface area contributed by atoms with E-state index in [-0.39, 0.29) is 25.7 Å². The van der Waals surface area contributed by atoms with E-state index in [1.165, 1.54) is 38.5 Å². The van der Waals surface area contributed by atoms with Crippen LogP contribution in [-0.4, -0.2) is 96.7 Å². The van der Waals surface area contributed by atoms with Gasteiger partial charge >= 0.3 is 39.5 Å². The molecule has 0 radical (unpaired) electrons. The van der Waals surface area contributed by atoms with Gasteiger partial charge in [-0.2, -0.15) is 0 Å². The molecule has 0 bridgehead atoms. The van der Waals surface area contributed by atoms with Crippen LogP contribution in [0.25, 0.3) is 0 Å². The normalized spacial score (nSPS) is 14.7. The van der Waals surface area contributed by atoms with Crippen LogP contribution in [0.15, 0.2) is 146 Å². The summed E-state index contributed by atoms with van der Waals surface area (Å²) in [6.07, 6.45) is 84.2. The Morgan fingerprint density at radius 1 is 0.284 bits per heavy atom. The fraction of sp³-hybridized carbons (Fsp3) is 0.663. The maximum absolute atomic E-state index is 13.1. The molecule has 0 aromatic carbocycles. The SMILES string of the molecule is CC/C=C\C/C=C\C/C=C\C/C=C\C/C=C\C/C=C\CCC(=O)OCC(COP(=O)(O)OCC(O)COP(=O)(O)OCC(COC(=O)CCCCCCC/C=C\CCCCCC)OC(=O)CCCCCCC/C=C\CCCC)OC(=O)CCCCCCCC/C=C\C/C=C\C/C=C\C/C=C\CC. The quantitative estimate of drug-likeness (QED) is 0.0169. The zero-order valence-electron chi connectivity index (χ0n) is 63.5. The standard InChI is InChI=1S/C83H138O17P2/c1-5-9-13-17-21-25-29-32-34-36-38-40-42-45-49-52-56-60-64-68-81(86)94-74-79(100-83(88)70-66-62-58-54-50-46-43-41-39-37-35-33-30-26-22-18-14-10-6-2)76-98-102(91,92)96-72-77(84)71-95-101(89,90)97-75-78(99-82(87)69-65-61-57-53-47-28-24-20-16-12-8-4)73-93-80(85)67-63-59-55-51-48-44-31-27-23-19-15-11-7-3/h9-10,13-14,20-22,24-27,31-35,38-41,45,49,56,60,77-79,84H,5-8,11-12,15-19,23,28-30,36-37,42-44,46-48,50-55,57-59,61-76H2,1-4H3,(H,89,90)(H,91,92)/b13-9-,14-10-,24-20-,25-21-,26-22-,31-27-,34-32-,35-33-,40-38-,41-39-,49-45-,60-56-. The van der Waals surface area contributed by atoms with Crippen molar-refractivity contribution in [1.82, 2.24) is 0 Å². The van der Waals surface area contributed by atoms with Crippen molar-refractivity contribution in [3.05, 3.63) is 146 Å². The topological polar surface area (TPSA) is 237 Å². The number of aliphatic hydroxyl groups excluding tert-OH is 1. The molecule has 0 aromatic rings. The molecule has 17 nitrogen and oxygen atoms in total. The van der Waals surface area contributed by atoms with Gasteiger partial charge in [-0.1, -0.05) is 270 Å². The van der Waals surface area contributed by atoms with E-state index in [0.29, 0.717) is 32.1 Å². The first-order valence-electron chi connectivity index (χ1n) is 39.1. The van der Waals surface area contributed by atoms with Crippen molar-refractivity contribution >= 4 is 39.5 Å². The summed E-state index contributed by atoms with van der Waals surface area (Å²) in [4.78, 5) is 72.9. The maximum atomic E-state index is 13.1. The molecule has 0 aliphatic rings. The second kappa shape index (κ2) is 74.2. The third kappa shape index (κ3) is 73.3. The molecule has 0 heterocycles. The minimum atomic E-state index is -5.00. The average Bonchev–Trinajstić information content (AvgIpc) is 0.940. The van der Waals surface area contributed by atoms with E-state index in [1.54, 1.807) is 0 Å². The summed E-state index contributed by atoms with van der Waals surface area (Å²) < 4.78 is 68.4. The molecule has 0 rings (SSSR count). The van der Waals surface area contributed by atoms with Crippen LogP contribution < -0.4 is 0 Å². The van der Waals surface area contributed by atoms with Crippen LogP contribution in [0.4, 0.5) is 0 Å². The van der Waals surface area contributed by atoms with Gasteiger partial charge in [0.15, 0.2) is 12.2 Å². The van der Waals surface area contributed by atoms with E-state index in [0.717, 1.165) is 173 Å². The first-order valence-corrected chi connectivity index (χ1v) is 42.1. The van der Waals surface area contributed by atoms with Crippen LogP contribution in [0.3, 0.4) is 0 Å². The smallest absolute Gasteiger partial charge is 0.462 e. The summed E-state index contributed by atoms with van der Waals surface area (Å²) in [5.74, 6) is -2.31. The number of ether oxygens (including phenoxy) is 4. The van der Waals surface area contributed by atoms with Crippen molar-refractivity contribution in [3.63, 3.8) is 0 Å². The van der Waals surface area contributed by atoms with Gasteiger partial charge in [0.1, 0.15) is 19.3 Å². The number of phosphoric acid groups is 2. The molecular weight excluding hydrogens is 1330 g/mol. The molecule has 0 saturated heterocycles. The first-order chi connectivity index (χ1) is 49.7. The fourth-order valence-electron chi connectivity index (χ4n) is 9.86. The van der Waals surface area contributed by atoms with Gasteiger partial charge in [0.05, 0.1) is 26.4 Å². The molecule has 0 aromatic heterocycles. The summed E-state index contributed by atoms with van der Waals surface area (Å²) >= 11 is 0. The first kappa shape index (κ1) is 96.9. The Morgan fingerprint density at radius 3 is 0.882 bits per heavy atom. The van der Waals surface area contributed by atoms with Crippen molar-refractivity contribution in [2.75, 3.05) is 39.6 Å². The lowest BCUT2D eigenvalue weighted by Crippen LogP contribution is -2.30. The Hall–Kier alpha value is -5.06. The van der Waals surface area contributed by atoms with E-state index < -0.39 is 97.5 Å². The van der Waals surface area contributed by atoms with E-state index in [1.807, 2.05) is 18.2 Å². The van der Waals surface area contributed by atoms with Crippen LogP contribution >= 0.6 is 15.6 Å². The zero-order chi connectivity index (χ0) is 74.6. The molecule has 19 heteroatoms. The summed E-state index contributed by atoms with van der Waals surface area (Å²) in [5, 5.41) is 10.6. The fourth-order valence-corrected chi connectivity index (χ4v) is 11.4. The summed E-state index contributed by atoms with van der Waals surface area (Å²) in [7, 11) is -9.99. The number of phosphoric ester groups is 2. The zero-order valence-corrected chi connectivity index (χ0v) is 65.3. The van der Waals surface area contributed by atoms with Crippen molar-refractivity contribution in [2.24, 2.45) is 0 Å². The highest BCUT2D eigenvalue weighted by Gasteiger charge is 2.30. The Morgan fingerprint density at radius 2 is 0.539 bits per heavy atom. The largest absolute Gasteiger partial charge is 0.472 e. The van der Waals surface area contributed by atoms with Gasteiger partial charge in [-0.3, -0.25) is 37.3 Å². The van der Waals surface area contributed by atoms with Gasteiger partial charge < -0.3 is 33.8 Å². The number of aliphatic hydroxyl groups is 1. The number of rotatable bonds is 72. The Labute approximate surface area is 617 Å². The predicted octanol–water partition coefficient (Wildman–Crippen LogP) is 22.7. The molecule has 5 atom stereocenters. The highest BCUT2D eigenvalue weighted by Crippen LogP contribution is 2.45. The van der Waals surface area contributed by atoms with Crippen molar-refractivity contribution in [3.8, 4) is 0 Å². The molecular formula is C83H138O17P2. The third-order valence-electron chi connectivity index (χ3n) is 15.8. The lowest BCUT2D eigenvalue weighted by atomic mass is 10.1. The minimum absolute atomic E-state index is 0.0283. The monoisotopic (exact) mass is 1470 g/mol. The second-order valence-electron chi connectivity index (χ2n) is 25.5. The Balaban J connectivity index is 5.43. The van der Waals surface area contributed by atoms with Gasteiger partial charge in [0.25, 0.3) is 0 Å². The lowest BCUT2D eigenvalue weighted by molar-refractivity contribution is -0.161. The third-order valence-corrected chi connectivity index (χ3v) is 17.7. The van der Waals surface area contributed by atoms with E-state index >= 15 is 0 Å². The molecule has 5 unspecified atom stereocenters. The Bertz CT molecular complexity index is 2510. The van der Waals surface area contributed by atoms with E-state index in [2.05, 4.69) is 155 Å². The number of carbonyl (C=O) groups excluding carboxylic acids is 4. The van der Waals surface area contributed by atoms with Gasteiger partial charge in [-0.05, 0) is 148 Å². The number of unbranched alkanes of at least 4 members (excludes halogenated alkanes) is 22. The van der Waals surface area contributed by atoms with Crippen molar-refractivity contribution in [1.29, 1.82) is 0 Å². The predicted molar refractivity (Wildman–Crippen MR) is 417 cm³/mol. The van der Waals surface area contributed by atoms with Gasteiger partial charge in [0.2, 0.25) is 0 Å². The number of hydrogen-bond acceptors (Lipinski definition) is 15. The molecule has 3 N–H and O–H groups in total. The second-order valence-corrected chi connectivity index (χ2v) is 28.4. The van der Waals surface area contributed by atoms with Gasteiger partial charge in [0, 0.05) is 25.7 Å². The van der Waals surface area contributed by atoms with Gasteiger partial charge in [-0.15, -0.1) is 0 Å². The Kier molecular flexibility index (Phi) is 70.5. The minimum Gasteiger partial charge on any atom is -0.462 e. The number of allylic oxidation sites excluding steroid dienone is 24. The van der Waals surface area contributed by atoms with Crippen LogP contribution in [-0.2, 0) is 65.4 Å². The number of carbonyl (C=O) groups is 4. The number of hydrogen-bond donors (Lipinski definition) is 3. The average molecular weight is 1470 g/mol. The highest BCUT2D eigenvalue weighted by atomic mass is 31.2. The maximum Gasteiger partial charge on any atom is 0.472 e. The number of esters is 4. The summed E-state index contributed by atoms with van der Waals surface area (Å²) in [5.41, 5.74) is 0. The van der Waals surface area contributed by atoms with Gasteiger partial charge in [-0.25, -0.2) is 9.13 Å². The summed E-state index contributed by atoms with van der Waals surface area (Å²) in [6, 6.07) is 0. The molecule has 0 fully saturated rings. The van der Waals surface area contributed by atoms with E-state index in [4.69, 9.17) is 37.0 Å². The highest BCUT2D eigenvalue weighted by molar-refractivity contribution is 7.47. The molecule has 0 aliphatic heterocycles. The van der Waals surface area contributed by atoms with Crippen LogP contribution in [0.2, 0.25) is 0 Å². The van der Waals surface area contributed by atoms with Crippen molar-refractivity contribution < 1.29 is 80.2 Å². The van der Waals surface area contributed by atoms with Crippen LogP contribution in [0.1, 0.15) is 297 Å².